The molecule has 0 spiro atoms. The molecule has 6 heteroatoms. The van der Waals surface area contributed by atoms with Gasteiger partial charge >= 0.3 is 0 Å². The summed E-state index contributed by atoms with van der Waals surface area (Å²) in [4.78, 5) is 14.3. The molecule has 1 aromatic rings. The molecule has 0 atom stereocenters. The highest BCUT2D eigenvalue weighted by atomic mass is 32.2. The third kappa shape index (κ3) is 4.19. The van der Waals surface area contributed by atoms with Crippen LogP contribution in [-0.4, -0.2) is 47.9 Å². The third-order valence-corrected chi connectivity index (χ3v) is 4.32. The van der Waals surface area contributed by atoms with Gasteiger partial charge in [-0.1, -0.05) is 36.5 Å². The number of benzene rings is 1. The van der Waals surface area contributed by atoms with Crippen LogP contribution >= 0.6 is 24.0 Å². The Bertz CT molecular complexity index is 488. The van der Waals surface area contributed by atoms with E-state index in [2.05, 4.69) is 0 Å². The number of morpholine rings is 1. The molecule has 0 saturated carbocycles. The second kappa shape index (κ2) is 7.61. The van der Waals surface area contributed by atoms with E-state index in [0.717, 1.165) is 16.9 Å². The van der Waals surface area contributed by atoms with Crippen molar-refractivity contribution in [2.75, 3.05) is 32.1 Å². The van der Waals surface area contributed by atoms with Crippen molar-refractivity contribution in [1.29, 1.82) is 0 Å². The summed E-state index contributed by atoms with van der Waals surface area (Å²) in [5.41, 5.74) is 7.68. The third-order valence-electron chi connectivity index (χ3n) is 3.13. The van der Waals surface area contributed by atoms with Gasteiger partial charge in [0.15, 0.2) is 0 Å². The Morgan fingerprint density at radius 2 is 2.05 bits per heavy atom. The van der Waals surface area contributed by atoms with Gasteiger partial charge in [-0.3, -0.25) is 4.79 Å². The SMILES string of the molecule is NC(=S)c1ccccc1CSCC(=O)N1CCOCC1. The fourth-order valence-corrected chi connectivity index (χ4v) is 3.17. The maximum absolute atomic E-state index is 12.0. The number of carbonyl (C=O) groups excluding carboxylic acids is 1. The molecule has 0 bridgehead atoms. The lowest BCUT2D eigenvalue weighted by Crippen LogP contribution is -2.41. The smallest absolute Gasteiger partial charge is 0.232 e. The van der Waals surface area contributed by atoms with E-state index in [0.29, 0.717) is 37.0 Å². The van der Waals surface area contributed by atoms with Gasteiger partial charge in [0.1, 0.15) is 4.99 Å². The topological polar surface area (TPSA) is 55.6 Å². The van der Waals surface area contributed by atoms with Gasteiger partial charge in [0.2, 0.25) is 5.91 Å². The zero-order valence-electron chi connectivity index (χ0n) is 11.2. The number of hydrogen-bond acceptors (Lipinski definition) is 4. The van der Waals surface area contributed by atoms with Crippen LogP contribution in [0.1, 0.15) is 11.1 Å². The summed E-state index contributed by atoms with van der Waals surface area (Å²) in [7, 11) is 0. The van der Waals surface area contributed by atoms with Crippen LogP contribution in [0.5, 0.6) is 0 Å². The monoisotopic (exact) mass is 310 g/mol. The van der Waals surface area contributed by atoms with Gasteiger partial charge in [0.25, 0.3) is 0 Å². The number of hydrogen-bond donors (Lipinski definition) is 1. The van der Waals surface area contributed by atoms with Crippen LogP contribution in [0.4, 0.5) is 0 Å². The lowest BCUT2D eigenvalue weighted by atomic mass is 10.1. The maximum atomic E-state index is 12.0. The van der Waals surface area contributed by atoms with Crippen LogP contribution in [0.2, 0.25) is 0 Å². The summed E-state index contributed by atoms with van der Waals surface area (Å²) in [6, 6.07) is 7.80. The lowest BCUT2D eigenvalue weighted by Gasteiger charge is -2.26. The molecule has 1 saturated heterocycles. The molecule has 0 unspecified atom stereocenters. The van der Waals surface area contributed by atoms with Crippen molar-refractivity contribution in [2.45, 2.75) is 5.75 Å². The maximum Gasteiger partial charge on any atom is 0.232 e. The summed E-state index contributed by atoms with van der Waals surface area (Å²) in [5.74, 6) is 1.39. The van der Waals surface area contributed by atoms with Gasteiger partial charge in [0, 0.05) is 24.4 Å². The first kappa shape index (κ1) is 15.3. The van der Waals surface area contributed by atoms with E-state index in [4.69, 9.17) is 22.7 Å². The van der Waals surface area contributed by atoms with Crippen LogP contribution in [0, 0.1) is 0 Å². The first-order chi connectivity index (χ1) is 9.68. The zero-order chi connectivity index (χ0) is 14.4. The van der Waals surface area contributed by atoms with E-state index in [9.17, 15) is 4.79 Å². The molecule has 1 aliphatic rings. The molecule has 20 heavy (non-hydrogen) atoms. The van der Waals surface area contributed by atoms with Gasteiger partial charge in [0.05, 0.1) is 19.0 Å². The number of nitrogens with zero attached hydrogens (tertiary/aromatic N) is 1. The van der Waals surface area contributed by atoms with Gasteiger partial charge in [-0.2, -0.15) is 0 Å². The average Bonchev–Trinajstić information content (AvgIpc) is 2.48. The van der Waals surface area contributed by atoms with E-state index in [1.165, 1.54) is 0 Å². The lowest BCUT2D eigenvalue weighted by molar-refractivity contribution is -0.132. The molecule has 0 aliphatic carbocycles. The first-order valence-electron chi connectivity index (χ1n) is 6.49. The van der Waals surface area contributed by atoms with Crippen LogP contribution in [0.15, 0.2) is 24.3 Å². The van der Waals surface area contributed by atoms with Crippen LogP contribution in [0.25, 0.3) is 0 Å². The normalized spacial score (nSPS) is 15.1. The highest BCUT2D eigenvalue weighted by molar-refractivity contribution is 7.99. The van der Waals surface area contributed by atoms with E-state index >= 15 is 0 Å². The molecule has 0 radical (unpaired) electrons. The Labute approximate surface area is 128 Å². The highest BCUT2D eigenvalue weighted by Gasteiger charge is 2.16. The summed E-state index contributed by atoms with van der Waals surface area (Å²) >= 11 is 6.63. The van der Waals surface area contributed by atoms with Crippen molar-refractivity contribution < 1.29 is 9.53 Å². The highest BCUT2D eigenvalue weighted by Crippen LogP contribution is 2.17. The van der Waals surface area contributed by atoms with Crippen LogP contribution < -0.4 is 5.73 Å². The Kier molecular flexibility index (Phi) is 5.82. The molecule has 2 rings (SSSR count). The van der Waals surface area contributed by atoms with Crippen molar-refractivity contribution in [3.63, 3.8) is 0 Å². The van der Waals surface area contributed by atoms with E-state index in [-0.39, 0.29) is 5.91 Å². The quantitative estimate of drug-likeness (QED) is 0.834. The number of thiocarbonyl (C=S) groups is 1. The molecular weight excluding hydrogens is 292 g/mol. The van der Waals surface area contributed by atoms with Crippen molar-refractivity contribution in [2.24, 2.45) is 5.73 Å². The molecule has 108 valence electrons. The molecule has 1 aliphatic heterocycles. The average molecular weight is 310 g/mol. The van der Waals surface area contributed by atoms with E-state index < -0.39 is 0 Å². The van der Waals surface area contributed by atoms with Crippen LogP contribution in [-0.2, 0) is 15.3 Å². The second-order valence-electron chi connectivity index (χ2n) is 4.51. The van der Waals surface area contributed by atoms with Gasteiger partial charge in [-0.25, -0.2) is 0 Å². The molecule has 2 N–H and O–H groups in total. The van der Waals surface area contributed by atoms with Crippen molar-refractivity contribution in [3.05, 3.63) is 35.4 Å². The first-order valence-corrected chi connectivity index (χ1v) is 8.06. The molecule has 4 nitrogen and oxygen atoms in total. The molecular formula is C14H18N2O2S2. The largest absolute Gasteiger partial charge is 0.389 e. The van der Waals surface area contributed by atoms with Crippen LogP contribution in [0.3, 0.4) is 0 Å². The number of carbonyl (C=O) groups is 1. The fraction of sp³-hybridized carbons (Fsp3) is 0.429. The minimum Gasteiger partial charge on any atom is -0.389 e. The van der Waals surface area contributed by atoms with Gasteiger partial charge in [-0.05, 0) is 5.56 Å². The minimum absolute atomic E-state index is 0.172. The van der Waals surface area contributed by atoms with Crippen molar-refractivity contribution in [3.8, 4) is 0 Å². The molecule has 1 heterocycles. The van der Waals surface area contributed by atoms with Crippen molar-refractivity contribution >= 4 is 34.9 Å². The number of rotatable bonds is 5. The van der Waals surface area contributed by atoms with E-state index in [1.807, 2.05) is 29.2 Å². The predicted molar refractivity (Wildman–Crippen MR) is 85.9 cm³/mol. The van der Waals surface area contributed by atoms with E-state index in [1.54, 1.807) is 11.8 Å². The van der Waals surface area contributed by atoms with Gasteiger partial charge in [-0.15, -0.1) is 11.8 Å². The van der Waals surface area contributed by atoms with Gasteiger partial charge < -0.3 is 15.4 Å². The Hall–Kier alpha value is -1.11. The Morgan fingerprint density at radius 1 is 1.35 bits per heavy atom. The summed E-state index contributed by atoms with van der Waals surface area (Å²) in [6.45, 7) is 2.67. The Balaban J connectivity index is 1.83. The number of nitrogens with two attached hydrogens (primary N) is 1. The number of ether oxygens (including phenoxy) is 1. The zero-order valence-corrected chi connectivity index (χ0v) is 12.8. The molecule has 0 aromatic heterocycles. The fourth-order valence-electron chi connectivity index (χ4n) is 2.04. The standard InChI is InChI=1S/C14H18N2O2S2/c15-14(19)12-4-2-1-3-11(12)9-20-10-13(17)16-5-7-18-8-6-16/h1-4H,5-10H2,(H2,15,19). The molecule has 1 fully saturated rings. The molecule has 1 aromatic carbocycles. The predicted octanol–water partition coefficient (Wildman–Crippen LogP) is 1.41. The second-order valence-corrected chi connectivity index (χ2v) is 5.93. The summed E-state index contributed by atoms with van der Waals surface area (Å²) in [5, 5.41) is 0. The Morgan fingerprint density at radius 3 is 2.75 bits per heavy atom. The number of amides is 1. The summed E-state index contributed by atoms with van der Waals surface area (Å²) < 4.78 is 5.24. The minimum atomic E-state index is 0.172. The summed E-state index contributed by atoms with van der Waals surface area (Å²) in [6.07, 6.45) is 0. The van der Waals surface area contributed by atoms with Crippen molar-refractivity contribution in [1.82, 2.24) is 4.90 Å². The molecule has 1 amide bonds. The number of thioether (sulfide) groups is 1.